The van der Waals surface area contributed by atoms with Gasteiger partial charge in [-0.1, -0.05) is 25.8 Å². The first-order valence-electron chi connectivity index (χ1n) is 12.6. The average molecular weight is 566 g/mol. The molecule has 2 atom stereocenters. The van der Waals surface area contributed by atoms with E-state index in [0.29, 0.717) is 12.1 Å². The van der Waals surface area contributed by atoms with Gasteiger partial charge in [0.2, 0.25) is 5.91 Å². The fraction of sp³-hybridized carbons (Fsp3) is 0.556. The third-order valence-electron chi connectivity index (χ3n) is 5.24. The highest BCUT2D eigenvalue weighted by atomic mass is 35.5. The summed E-state index contributed by atoms with van der Waals surface area (Å²) in [5.74, 6) is 1.14. The second-order valence-electron chi connectivity index (χ2n) is 10.2. The minimum Gasteiger partial charge on any atom is -0.436 e. The van der Waals surface area contributed by atoms with Gasteiger partial charge in [-0.3, -0.25) is 9.59 Å². The number of carbonyl (C=O) groups excluding carboxylic acids is 4. The summed E-state index contributed by atoms with van der Waals surface area (Å²) in [6.07, 6.45) is 3.86. The Hall–Kier alpha value is -3.49. The molecule has 5 amide bonds. The van der Waals surface area contributed by atoms with Gasteiger partial charge in [-0.05, 0) is 62.8 Å². The molecule has 12 heteroatoms. The first-order valence-corrected chi connectivity index (χ1v) is 13.1. The molecule has 0 aliphatic carbocycles. The Balaban J connectivity index is 3.07. The molecule has 216 valence electrons. The Bertz CT molecular complexity index is 1030. The van der Waals surface area contributed by atoms with Crippen molar-refractivity contribution in [3.63, 3.8) is 0 Å². The van der Waals surface area contributed by atoms with Gasteiger partial charge in [0, 0.05) is 23.7 Å². The van der Waals surface area contributed by atoms with Gasteiger partial charge in [0.25, 0.3) is 5.91 Å². The van der Waals surface area contributed by atoms with Crippen LogP contribution in [0.2, 0.25) is 0 Å². The van der Waals surface area contributed by atoms with Crippen molar-refractivity contribution in [2.24, 2.45) is 11.7 Å². The second-order valence-corrected chi connectivity index (χ2v) is 10.5. The van der Waals surface area contributed by atoms with Crippen LogP contribution in [0.1, 0.15) is 58.6 Å². The molecule has 0 bridgehead atoms. The van der Waals surface area contributed by atoms with Crippen molar-refractivity contribution < 1.29 is 28.7 Å². The fourth-order valence-corrected chi connectivity index (χ4v) is 3.66. The highest BCUT2D eigenvalue weighted by molar-refractivity contribution is 6.17. The number of carbonyl (C=O) groups is 4. The molecule has 11 nitrogen and oxygen atoms in total. The van der Waals surface area contributed by atoms with Crippen LogP contribution in [0.4, 0.5) is 15.3 Å². The van der Waals surface area contributed by atoms with E-state index in [1.165, 1.54) is 0 Å². The minimum absolute atomic E-state index is 0.124. The zero-order valence-electron chi connectivity index (χ0n) is 23.2. The van der Waals surface area contributed by atoms with Crippen LogP contribution in [0.5, 0.6) is 0 Å². The third-order valence-corrected chi connectivity index (χ3v) is 5.53. The van der Waals surface area contributed by atoms with Gasteiger partial charge < -0.3 is 36.5 Å². The van der Waals surface area contributed by atoms with Crippen LogP contribution >= 0.6 is 11.6 Å². The van der Waals surface area contributed by atoms with Crippen LogP contribution in [-0.2, 0) is 31.5 Å². The van der Waals surface area contributed by atoms with Crippen LogP contribution < -0.4 is 27.0 Å². The summed E-state index contributed by atoms with van der Waals surface area (Å²) in [4.78, 5) is 49.7. The zero-order valence-corrected chi connectivity index (χ0v) is 23.9. The molecule has 0 aliphatic heterocycles. The zero-order chi connectivity index (χ0) is 29.6. The predicted molar refractivity (Wildman–Crippen MR) is 150 cm³/mol. The molecule has 0 spiro atoms. The maximum atomic E-state index is 13.3. The number of ether oxygens (including phenoxy) is 2. The summed E-state index contributed by atoms with van der Waals surface area (Å²) in [5, 5.41) is 10.6. The second kappa shape index (κ2) is 16.5. The molecule has 39 heavy (non-hydrogen) atoms. The summed E-state index contributed by atoms with van der Waals surface area (Å²) in [6, 6.07) is 3.47. The van der Waals surface area contributed by atoms with Crippen molar-refractivity contribution in [3.05, 3.63) is 29.3 Å². The van der Waals surface area contributed by atoms with Crippen molar-refractivity contribution in [1.29, 1.82) is 0 Å². The number of benzene rings is 1. The van der Waals surface area contributed by atoms with E-state index in [9.17, 15) is 19.2 Å². The van der Waals surface area contributed by atoms with Crippen LogP contribution in [0.3, 0.4) is 0 Å². The van der Waals surface area contributed by atoms with Crippen molar-refractivity contribution in [2.45, 2.75) is 77.6 Å². The number of terminal acetylenes is 1. The molecule has 1 rings (SSSR count). The van der Waals surface area contributed by atoms with Crippen LogP contribution in [0.25, 0.3) is 0 Å². The SMILES string of the molecule is C#CCOCc1cc(NC(=O)[C@H](CCCNC(N)=O)NC(=O)[C@@H](OC(=O)NC(C)(C)C)C(C)C)ccc1CCl. The molecular weight excluding hydrogens is 526 g/mol. The van der Waals surface area contributed by atoms with E-state index in [2.05, 4.69) is 27.2 Å². The number of amides is 5. The lowest BCUT2D eigenvalue weighted by Gasteiger charge is -2.27. The molecular formula is C27H40ClN5O6. The van der Waals surface area contributed by atoms with Gasteiger partial charge in [0.05, 0.1) is 6.61 Å². The van der Waals surface area contributed by atoms with Gasteiger partial charge in [-0.2, -0.15) is 0 Å². The number of alkyl carbamates (subject to hydrolysis) is 1. The predicted octanol–water partition coefficient (Wildman–Crippen LogP) is 3.00. The Morgan fingerprint density at radius 3 is 2.38 bits per heavy atom. The van der Waals surface area contributed by atoms with E-state index in [1.54, 1.807) is 52.8 Å². The molecule has 0 heterocycles. The molecule has 1 aromatic rings. The first kappa shape index (κ1) is 33.5. The Kier molecular flexibility index (Phi) is 14.2. The number of nitrogens with two attached hydrogens (primary N) is 1. The van der Waals surface area contributed by atoms with Crippen LogP contribution in [-0.4, -0.2) is 54.8 Å². The molecule has 0 aromatic heterocycles. The Morgan fingerprint density at radius 2 is 1.82 bits per heavy atom. The van der Waals surface area contributed by atoms with Gasteiger partial charge in [-0.25, -0.2) is 9.59 Å². The monoisotopic (exact) mass is 565 g/mol. The van der Waals surface area contributed by atoms with Crippen molar-refractivity contribution in [1.82, 2.24) is 16.0 Å². The number of hydrogen-bond donors (Lipinski definition) is 5. The lowest BCUT2D eigenvalue weighted by atomic mass is 10.0. The number of rotatable bonds is 14. The molecule has 0 radical (unpaired) electrons. The molecule has 6 N–H and O–H groups in total. The van der Waals surface area contributed by atoms with E-state index >= 15 is 0 Å². The molecule has 0 saturated heterocycles. The number of hydrogen-bond acceptors (Lipinski definition) is 6. The Labute approximate surface area is 235 Å². The van der Waals surface area contributed by atoms with Crippen molar-refractivity contribution in [2.75, 3.05) is 18.5 Å². The Morgan fingerprint density at radius 1 is 1.13 bits per heavy atom. The largest absolute Gasteiger partial charge is 0.436 e. The molecule has 0 aliphatic rings. The number of anilines is 1. The van der Waals surface area contributed by atoms with E-state index in [0.717, 1.165) is 11.1 Å². The van der Waals surface area contributed by atoms with E-state index in [1.807, 2.05) is 0 Å². The van der Waals surface area contributed by atoms with Gasteiger partial charge >= 0.3 is 12.1 Å². The number of urea groups is 1. The van der Waals surface area contributed by atoms with Crippen molar-refractivity contribution >= 4 is 41.2 Å². The van der Waals surface area contributed by atoms with Gasteiger partial charge in [-0.15, -0.1) is 18.0 Å². The standard InChI is InChI=1S/C27H40ClN5O6/c1-7-13-38-16-19-14-20(11-10-18(19)15-28)31-23(34)21(9-8-12-30-25(29)36)32-24(35)22(17(2)3)39-26(37)33-27(4,5)6/h1,10-11,14,17,21-22H,8-9,12-13,15-16H2,2-6H3,(H,31,34)(H,32,35)(H,33,37)(H3,29,30,36)/t21-,22-/m0/s1. The van der Waals surface area contributed by atoms with Gasteiger partial charge in [0.15, 0.2) is 6.10 Å². The summed E-state index contributed by atoms with van der Waals surface area (Å²) in [6.45, 7) is 9.33. The first-order chi connectivity index (χ1) is 18.3. The number of alkyl halides is 1. The topological polar surface area (TPSA) is 161 Å². The van der Waals surface area contributed by atoms with E-state index in [4.69, 9.17) is 33.2 Å². The summed E-state index contributed by atoms with van der Waals surface area (Å²) in [5.41, 5.74) is 6.58. The summed E-state index contributed by atoms with van der Waals surface area (Å²) in [7, 11) is 0. The average Bonchev–Trinajstić information content (AvgIpc) is 2.83. The highest BCUT2D eigenvalue weighted by Gasteiger charge is 2.31. The smallest absolute Gasteiger partial charge is 0.408 e. The lowest BCUT2D eigenvalue weighted by molar-refractivity contribution is -0.134. The molecule has 1 aromatic carbocycles. The fourth-order valence-electron chi connectivity index (χ4n) is 3.40. The van der Waals surface area contributed by atoms with Gasteiger partial charge in [0.1, 0.15) is 12.6 Å². The van der Waals surface area contributed by atoms with E-state index < -0.39 is 41.6 Å². The number of halogens is 1. The lowest BCUT2D eigenvalue weighted by Crippen LogP contribution is -2.51. The minimum atomic E-state index is -1.14. The quantitative estimate of drug-likeness (QED) is 0.132. The maximum absolute atomic E-state index is 13.3. The third kappa shape index (κ3) is 13.2. The van der Waals surface area contributed by atoms with E-state index in [-0.39, 0.29) is 38.0 Å². The maximum Gasteiger partial charge on any atom is 0.408 e. The van der Waals surface area contributed by atoms with Crippen LogP contribution in [0.15, 0.2) is 18.2 Å². The molecule has 0 unspecified atom stereocenters. The van der Waals surface area contributed by atoms with Crippen molar-refractivity contribution in [3.8, 4) is 12.3 Å². The summed E-state index contributed by atoms with van der Waals surface area (Å²) >= 11 is 6.02. The number of primary amides is 1. The normalized spacial score (nSPS) is 12.6. The highest BCUT2D eigenvalue weighted by Crippen LogP contribution is 2.20. The summed E-state index contributed by atoms with van der Waals surface area (Å²) < 4.78 is 10.8. The van der Waals surface area contributed by atoms with Crippen LogP contribution in [0, 0.1) is 18.3 Å². The molecule has 0 fully saturated rings. The molecule has 0 saturated carbocycles. The number of nitrogens with one attached hydrogen (secondary N) is 4.